The van der Waals surface area contributed by atoms with E-state index in [1.807, 2.05) is 4.90 Å². The highest BCUT2D eigenvalue weighted by Gasteiger charge is 2.22. The first-order chi connectivity index (χ1) is 9.74. The number of benzene rings is 1. The van der Waals surface area contributed by atoms with Gasteiger partial charge in [-0.2, -0.15) is 5.26 Å². The van der Waals surface area contributed by atoms with Crippen LogP contribution in [0.2, 0.25) is 0 Å². The van der Waals surface area contributed by atoms with Gasteiger partial charge in [0.05, 0.1) is 5.56 Å². The summed E-state index contributed by atoms with van der Waals surface area (Å²) >= 11 is 0. The van der Waals surface area contributed by atoms with Gasteiger partial charge >= 0.3 is 0 Å². The predicted octanol–water partition coefficient (Wildman–Crippen LogP) is 2.59. The van der Waals surface area contributed by atoms with Crippen molar-refractivity contribution in [2.75, 3.05) is 19.7 Å². The molecule has 1 aromatic carbocycles. The minimum Gasteiger partial charge on any atom is -0.482 e. The van der Waals surface area contributed by atoms with Crippen molar-refractivity contribution < 1.29 is 9.53 Å². The number of para-hydroxylation sites is 1. The van der Waals surface area contributed by atoms with Crippen molar-refractivity contribution in [1.82, 2.24) is 4.90 Å². The number of rotatable bonds is 4. The van der Waals surface area contributed by atoms with Crippen LogP contribution in [-0.2, 0) is 4.79 Å². The van der Waals surface area contributed by atoms with Crippen LogP contribution in [0.5, 0.6) is 5.75 Å². The highest BCUT2D eigenvalue weighted by molar-refractivity contribution is 5.78. The Balaban J connectivity index is 1.90. The van der Waals surface area contributed by atoms with Crippen LogP contribution < -0.4 is 4.74 Å². The molecule has 0 bridgehead atoms. The highest BCUT2D eigenvalue weighted by Crippen LogP contribution is 2.20. The molecule has 1 heterocycles. The fourth-order valence-corrected chi connectivity index (χ4v) is 2.54. The summed E-state index contributed by atoms with van der Waals surface area (Å²) in [6, 6.07) is 9.05. The van der Waals surface area contributed by atoms with Gasteiger partial charge in [0.25, 0.3) is 5.91 Å². The van der Waals surface area contributed by atoms with Crippen LogP contribution in [0.15, 0.2) is 24.3 Å². The lowest BCUT2D eigenvalue weighted by molar-refractivity contribution is -0.135. The minimum atomic E-state index is 0.00906. The summed E-state index contributed by atoms with van der Waals surface area (Å²) in [6.45, 7) is 3.82. The molecule has 20 heavy (non-hydrogen) atoms. The van der Waals surface area contributed by atoms with Crippen molar-refractivity contribution in [2.24, 2.45) is 5.92 Å². The van der Waals surface area contributed by atoms with Crippen molar-refractivity contribution >= 4 is 5.91 Å². The first kappa shape index (κ1) is 14.4. The van der Waals surface area contributed by atoms with Crippen molar-refractivity contribution in [3.8, 4) is 11.8 Å². The number of carbonyl (C=O) groups excluding carboxylic acids is 1. The lowest BCUT2D eigenvalue weighted by atomic mass is 9.96. The Labute approximate surface area is 120 Å². The fourth-order valence-electron chi connectivity index (χ4n) is 2.54. The number of hydrogen-bond acceptors (Lipinski definition) is 3. The summed E-state index contributed by atoms with van der Waals surface area (Å²) in [6.07, 6.45) is 3.39. The van der Waals surface area contributed by atoms with E-state index >= 15 is 0 Å². The zero-order valence-corrected chi connectivity index (χ0v) is 11.8. The van der Waals surface area contributed by atoms with Crippen molar-refractivity contribution in [3.05, 3.63) is 29.8 Å². The molecule has 0 aliphatic carbocycles. The second-order valence-electron chi connectivity index (χ2n) is 5.15. The number of carbonyl (C=O) groups is 1. The number of amides is 1. The Bertz CT molecular complexity index is 507. The maximum absolute atomic E-state index is 12.2. The first-order valence-corrected chi connectivity index (χ1v) is 7.14. The van der Waals surface area contributed by atoms with E-state index in [9.17, 15) is 4.79 Å². The van der Waals surface area contributed by atoms with Gasteiger partial charge < -0.3 is 9.64 Å². The average Bonchev–Trinajstić information content (AvgIpc) is 2.52. The van der Waals surface area contributed by atoms with Gasteiger partial charge in [0.1, 0.15) is 11.8 Å². The molecular formula is C16H20N2O2. The van der Waals surface area contributed by atoms with Gasteiger partial charge in [0.15, 0.2) is 6.61 Å². The standard InChI is InChI=1S/C16H20N2O2/c1-2-13-6-5-9-18(11-13)16(19)12-20-15-8-4-3-7-14(15)10-17/h3-4,7-8,13H,2,5-6,9,11-12H2,1H3. The molecular weight excluding hydrogens is 252 g/mol. The first-order valence-electron chi connectivity index (χ1n) is 7.14. The third-order valence-corrected chi connectivity index (χ3v) is 3.81. The summed E-state index contributed by atoms with van der Waals surface area (Å²) in [5.74, 6) is 1.10. The third-order valence-electron chi connectivity index (χ3n) is 3.81. The lowest BCUT2D eigenvalue weighted by Crippen LogP contribution is -2.42. The molecule has 4 nitrogen and oxygen atoms in total. The second kappa shape index (κ2) is 6.95. The summed E-state index contributed by atoms with van der Waals surface area (Å²) in [5, 5.41) is 8.97. The molecule has 0 N–H and O–H groups in total. The highest BCUT2D eigenvalue weighted by atomic mass is 16.5. The normalized spacial score (nSPS) is 18.4. The van der Waals surface area contributed by atoms with Crippen LogP contribution in [0.4, 0.5) is 0 Å². The van der Waals surface area contributed by atoms with Crippen LogP contribution in [-0.4, -0.2) is 30.5 Å². The van der Waals surface area contributed by atoms with E-state index in [0.29, 0.717) is 17.2 Å². The van der Waals surface area contributed by atoms with E-state index in [1.165, 1.54) is 6.42 Å². The molecule has 4 heteroatoms. The van der Waals surface area contributed by atoms with Crippen molar-refractivity contribution in [3.63, 3.8) is 0 Å². The van der Waals surface area contributed by atoms with Gasteiger partial charge in [-0.3, -0.25) is 4.79 Å². The van der Waals surface area contributed by atoms with E-state index in [1.54, 1.807) is 24.3 Å². The summed E-state index contributed by atoms with van der Waals surface area (Å²) in [5.41, 5.74) is 0.463. The molecule has 1 atom stereocenters. The molecule has 0 radical (unpaired) electrons. The third kappa shape index (κ3) is 3.51. The molecule has 1 aliphatic heterocycles. The maximum Gasteiger partial charge on any atom is 0.260 e. The van der Waals surface area contributed by atoms with Gasteiger partial charge in [-0.15, -0.1) is 0 Å². The SMILES string of the molecule is CCC1CCCN(C(=O)COc2ccccc2C#N)C1. The van der Waals surface area contributed by atoms with Gasteiger partial charge in [0, 0.05) is 13.1 Å². The Morgan fingerprint density at radius 1 is 1.50 bits per heavy atom. The average molecular weight is 272 g/mol. The van der Waals surface area contributed by atoms with Gasteiger partial charge in [-0.1, -0.05) is 25.5 Å². The summed E-state index contributed by atoms with van der Waals surface area (Å²) in [4.78, 5) is 14.0. The molecule has 1 unspecified atom stereocenters. The number of hydrogen-bond donors (Lipinski definition) is 0. The van der Waals surface area contributed by atoms with Crippen LogP contribution in [0, 0.1) is 17.2 Å². The number of nitrogens with zero attached hydrogens (tertiary/aromatic N) is 2. The van der Waals surface area contributed by atoms with E-state index in [2.05, 4.69) is 13.0 Å². The molecule has 1 fully saturated rings. The van der Waals surface area contributed by atoms with E-state index in [4.69, 9.17) is 10.00 Å². The topological polar surface area (TPSA) is 53.3 Å². The molecule has 106 valence electrons. The van der Waals surface area contributed by atoms with Crippen molar-refractivity contribution in [2.45, 2.75) is 26.2 Å². The largest absolute Gasteiger partial charge is 0.482 e. The van der Waals surface area contributed by atoms with Crippen LogP contribution in [0.1, 0.15) is 31.7 Å². The second-order valence-corrected chi connectivity index (χ2v) is 5.15. The number of piperidine rings is 1. The smallest absolute Gasteiger partial charge is 0.260 e. The molecule has 1 saturated heterocycles. The molecule has 1 aliphatic rings. The number of ether oxygens (including phenoxy) is 1. The predicted molar refractivity (Wildman–Crippen MR) is 76.2 cm³/mol. The summed E-state index contributed by atoms with van der Waals surface area (Å²) < 4.78 is 5.50. The number of likely N-dealkylation sites (tertiary alicyclic amines) is 1. The number of nitriles is 1. The molecule has 0 aromatic heterocycles. The van der Waals surface area contributed by atoms with E-state index in [-0.39, 0.29) is 12.5 Å². The Morgan fingerprint density at radius 3 is 3.05 bits per heavy atom. The molecule has 1 aromatic rings. The van der Waals surface area contributed by atoms with E-state index < -0.39 is 0 Å². The summed E-state index contributed by atoms with van der Waals surface area (Å²) in [7, 11) is 0. The molecule has 0 saturated carbocycles. The lowest BCUT2D eigenvalue weighted by Gasteiger charge is -2.32. The zero-order chi connectivity index (χ0) is 14.4. The van der Waals surface area contributed by atoms with Crippen LogP contribution in [0.3, 0.4) is 0 Å². The van der Waals surface area contributed by atoms with Crippen LogP contribution >= 0.6 is 0 Å². The van der Waals surface area contributed by atoms with Gasteiger partial charge in [-0.05, 0) is 30.9 Å². The molecule has 1 amide bonds. The Morgan fingerprint density at radius 2 is 2.30 bits per heavy atom. The maximum atomic E-state index is 12.2. The van der Waals surface area contributed by atoms with E-state index in [0.717, 1.165) is 25.9 Å². The zero-order valence-electron chi connectivity index (χ0n) is 11.8. The molecule has 2 rings (SSSR count). The van der Waals surface area contributed by atoms with Gasteiger partial charge in [0.2, 0.25) is 0 Å². The van der Waals surface area contributed by atoms with Crippen LogP contribution in [0.25, 0.3) is 0 Å². The Kier molecular flexibility index (Phi) is 5.00. The molecule has 0 spiro atoms. The van der Waals surface area contributed by atoms with Gasteiger partial charge in [-0.25, -0.2) is 0 Å². The monoisotopic (exact) mass is 272 g/mol. The quantitative estimate of drug-likeness (QED) is 0.846. The minimum absolute atomic E-state index is 0.00906. The fraction of sp³-hybridized carbons (Fsp3) is 0.500. The van der Waals surface area contributed by atoms with Crippen molar-refractivity contribution in [1.29, 1.82) is 5.26 Å². The Hall–Kier alpha value is -2.02.